The van der Waals surface area contributed by atoms with Crippen LogP contribution in [0.25, 0.3) is 0 Å². The topological polar surface area (TPSA) is 41.9 Å². The predicted molar refractivity (Wildman–Crippen MR) is 112 cm³/mol. The lowest BCUT2D eigenvalue weighted by atomic mass is 10.0. The highest BCUT2D eigenvalue weighted by molar-refractivity contribution is 5.21. The number of hydrogen-bond acceptors (Lipinski definition) is 4. The van der Waals surface area contributed by atoms with Gasteiger partial charge in [-0.1, -0.05) is 91.0 Å². The molecule has 4 heteroatoms. The van der Waals surface area contributed by atoms with Crippen molar-refractivity contribution in [1.82, 2.24) is 5.06 Å². The SMILES string of the molecule is ON1C(c2ccccc2)CC(OCc2ccccc2)C1COCc1ccccc1. The van der Waals surface area contributed by atoms with Crippen LogP contribution in [0.1, 0.15) is 29.2 Å². The monoisotopic (exact) mass is 389 g/mol. The van der Waals surface area contributed by atoms with Crippen molar-refractivity contribution >= 4 is 0 Å². The van der Waals surface area contributed by atoms with E-state index in [4.69, 9.17) is 9.47 Å². The molecule has 0 aliphatic carbocycles. The third kappa shape index (κ3) is 5.11. The second-order valence-corrected chi connectivity index (χ2v) is 7.45. The summed E-state index contributed by atoms with van der Waals surface area (Å²) in [6, 6.07) is 30.0. The van der Waals surface area contributed by atoms with E-state index in [-0.39, 0.29) is 18.2 Å². The van der Waals surface area contributed by atoms with E-state index in [2.05, 4.69) is 24.3 Å². The largest absolute Gasteiger partial charge is 0.375 e. The van der Waals surface area contributed by atoms with Gasteiger partial charge in [-0.25, -0.2) is 0 Å². The summed E-state index contributed by atoms with van der Waals surface area (Å²) in [4.78, 5) is 0. The Morgan fingerprint density at radius 2 is 1.31 bits per heavy atom. The van der Waals surface area contributed by atoms with Gasteiger partial charge in [0.2, 0.25) is 0 Å². The molecule has 150 valence electrons. The number of hydroxylamine groups is 2. The first-order valence-electron chi connectivity index (χ1n) is 10.1. The van der Waals surface area contributed by atoms with Gasteiger partial charge < -0.3 is 14.7 Å². The first kappa shape index (κ1) is 19.8. The van der Waals surface area contributed by atoms with E-state index >= 15 is 0 Å². The molecule has 1 fully saturated rings. The molecule has 0 saturated carbocycles. The number of nitrogens with zero attached hydrogens (tertiary/aromatic N) is 1. The lowest BCUT2D eigenvalue weighted by Gasteiger charge is -2.25. The quantitative estimate of drug-likeness (QED) is 0.589. The highest BCUT2D eigenvalue weighted by atomic mass is 16.5. The summed E-state index contributed by atoms with van der Waals surface area (Å²) in [6.07, 6.45) is 0.619. The van der Waals surface area contributed by atoms with Crippen LogP contribution in [0.3, 0.4) is 0 Å². The summed E-state index contributed by atoms with van der Waals surface area (Å²) in [6.45, 7) is 1.46. The summed E-state index contributed by atoms with van der Waals surface area (Å²) in [5, 5.41) is 12.4. The highest BCUT2D eigenvalue weighted by Gasteiger charge is 2.42. The summed E-state index contributed by atoms with van der Waals surface area (Å²) in [7, 11) is 0. The van der Waals surface area contributed by atoms with E-state index in [0.717, 1.165) is 23.1 Å². The van der Waals surface area contributed by atoms with Gasteiger partial charge in [-0.3, -0.25) is 0 Å². The zero-order valence-corrected chi connectivity index (χ0v) is 16.4. The van der Waals surface area contributed by atoms with Gasteiger partial charge >= 0.3 is 0 Å². The molecule has 0 bridgehead atoms. The average Bonchev–Trinajstić information content (AvgIpc) is 3.10. The number of hydrogen-bond donors (Lipinski definition) is 1. The number of ether oxygens (including phenoxy) is 2. The van der Waals surface area contributed by atoms with E-state index in [1.807, 2.05) is 66.7 Å². The lowest BCUT2D eigenvalue weighted by molar-refractivity contribution is -0.165. The van der Waals surface area contributed by atoms with Crippen molar-refractivity contribution in [3.63, 3.8) is 0 Å². The van der Waals surface area contributed by atoms with Crippen LogP contribution in [0, 0.1) is 0 Å². The van der Waals surface area contributed by atoms with Crippen LogP contribution in [0.5, 0.6) is 0 Å². The maximum absolute atomic E-state index is 10.9. The predicted octanol–water partition coefficient (Wildman–Crippen LogP) is 4.99. The van der Waals surface area contributed by atoms with Crippen molar-refractivity contribution in [3.8, 4) is 0 Å². The Balaban J connectivity index is 1.43. The highest BCUT2D eigenvalue weighted by Crippen LogP contribution is 2.36. The molecule has 1 heterocycles. The van der Waals surface area contributed by atoms with E-state index in [9.17, 15) is 5.21 Å². The standard InChI is InChI=1S/C25H27NO3/c27-26-23(22-14-8-3-9-15-22)16-25(29-18-21-12-6-2-7-13-21)24(26)19-28-17-20-10-4-1-5-11-20/h1-15,23-25,27H,16-19H2. The summed E-state index contributed by atoms with van der Waals surface area (Å²) >= 11 is 0. The molecule has 0 amide bonds. The van der Waals surface area contributed by atoms with Gasteiger partial charge in [-0.15, -0.1) is 0 Å². The molecule has 0 radical (unpaired) electrons. The van der Waals surface area contributed by atoms with Gasteiger partial charge in [0.1, 0.15) is 0 Å². The zero-order chi connectivity index (χ0) is 19.9. The van der Waals surface area contributed by atoms with Crippen molar-refractivity contribution in [3.05, 3.63) is 108 Å². The summed E-state index contributed by atoms with van der Waals surface area (Å²) in [5.41, 5.74) is 3.34. The lowest BCUT2D eigenvalue weighted by Crippen LogP contribution is -2.38. The molecule has 4 nitrogen and oxygen atoms in total. The summed E-state index contributed by atoms with van der Waals surface area (Å²) < 4.78 is 12.2. The van der Waals surface area contributed by atoms with E-state index in [1.54, 1.807) is 0 Å². The number of rotatable bonds is 8. The second kappa shape index (κ2) is 9.81. The van der Waals surface area contributed by atoms with Crippen LogP contribution in [0.4, 0.5) is 0 Å². The van der Waals surface area contributed by atoms with Gasteiger partial charge in [0.15, 0.2) is 0 Å². The third-order valence-corrected chi connectivity index (χ3v) is 5.44. The minimum atomic E-state index is -0.215. The molecule has 3 atom stereocenters. The fourth-order valence-corrected chi connectivity index (χ4v) is 3.86. The van der Waals surface area contributed by atoms with Gasteiger partial charge in [-0.05, 0) is 23.1 Å². The third-order valence-electron chi connectivity index (χ3n) is 5.44. The van der Waals surface area contributed by atoms with E-state index < -0.39 is 0 Å². The van der Waals surface area contributed by atoms with Crippen LogP contribution in [0.15, 0.2) is 91.0 Å². The Bertz CT molecular complexity index is 857. The van der Waals surface area contributed by atoms with Gasteiger partial charge in [0.25, 0.3) is 0 Å². The van der Waals surface area contributed by atoms with Crippen LogP contribution >= 0.6 is 0 Å². The maximum Gasteiger partial charge on any atom is 0.0853 e. The zero-order valence-electron chi connectivity index (χ0n) is 16.4. The first-order chi connectivity index (χ1) is 14.3. The molecule has 1 saturated heterocycles. The van der Waals surface area contributed by atoms with Crippen molar-refractivity contribution in [2.45, 2.75) is 37.8 Å². The molecule has 1 aliphatic rings. The average molecular weight is 389 g/mol. The minimum Gasteiger partial charge on any atom is -0.375 e. The maximum atomic E-state index is 10.9. The van der Waals surface area contributed by atoms with Crippen LogP contribution in [-0.2, 0) is 22.7 Å². The van der Waals surface area contributed by atoms with Crippen molar-refractivity contribution < 1.29 is 14.7 Å². The fraction of sp³-hybridized carbons (Fsp3) is 0.280. The molecule has 1 aliphatic heterocycles. The van der Waals surface area contributed by atoms with Crippen molar-refractivity contribution in [2.75, 3.05) is 6.61 Å². The molecule has 3 unspecified atom stereocenters. The van der Waals surface area contributed by atoms with Crippen molar-refractivity contribution in [1.29, 1.82) is 0 Å². The van der Waals surface area contributed by atoms with Crippen molar-refractivity contribution in [2.24, 2.45) is 0 Å². The second-order valence-electron chi connectivity index (χ2n) is 7.45. The first-order valence-corrected chi connectivity index (χ1v) is 10.1. The Kier molecular flexibility index (Phi) is 6.70. The molecule has 3 aromatic carbocycles. The molecule has 3 aromatic rings. The Morgan fingerprint density at radius 3 is 1.93 bits per heavy atom. The Morgan fingerprint density at radius 1 is 0.759 bits per heavy atom. The fourth-order valence-electron chi connectivity index (χ4n) is 3.86. The van der Waals surface area contributed by atoms with Gasteiger partial charge in [-0.2, -0.15) is 5.06 Å². The Labute approximate surface area is 172 Å². The van der Waals surface area contributed by atoms with Crippen LogP contribution in [-0.4, -0.2) is 29.0 Å². The molecule has 0 aromatic heterocycles. The van der Waals surface area contributed by atoms with Gasteiger partial charge in [0.05, 0.1) is 38.0 Å². The molecule has 0 spiro atoms. The minimum absolute atomic E-state index is 0.0951. The van der Waals surface area contributed by atoms with Gasteiger partial charge in [0, 0.05) is 0 Å². The molecular weight excluding hydrogens is 362 g/mol. The smallest absolute Gasteiger partial charge is 0.0853 e. The molecule has 29 heavy (non-hydrogen) atoms. The molecule has 1 N–H and O–H groups in total. The number of benzene rings is 3. The Hall–Kier alpha value is -2.50. The molecule has 4 rings (SSSR count). The normalized spacial score (nSPS) is 22.0. The van der Waals surface area contributed by atoms with E-state index in [1.165, 1.54) is 5.06 Å². The van der Waals surface area contributed by atoms with Crippen LogP contribution in [0.2, 0.25) is 0 Å². The van der Waals surface area contributed by atoms with Crippen LogP contribution < -0.4 is 0 Å². The van der Waals surface area contributed by atoms with E-state index in [0.29, 0.717) is 19.8 Å². The molecular formula is C25H27NO3. The summed E-state index contributed by atoms with van der Waals surface area (Å²) in [5.74, 6) is 0.